The van der Waals surface area contributed by atoms with Crippen LogP contribution in [0.25, 0.3) is 0 Å². The molecule has 0 spiro atoms. The molecule has 0 aromatic heterocycles. The second-order valence-corrected chi connectivity index (χ2v) is 5.46. The molecule has 1 amide bonds. The second-order valence-electron chi connectivity index (χ2n) is 5.02. The van der Waals surface area contributed by atoms with E-state index >= 15 is 0 Å². The van der Waals surface area contributed by atoms with Crippen LogP contribution in [0.1, 0.15) is 16.8 Å². The number of halogens is 2. The van der Waals surface area contributed by atoms with Gasteiger partial charge in [0.25, 0.3) is 5.91 Å². The van der Waals surface area contributed by atoms with Crippen molar-refractivity contribution in [3.8, 4) is 5.75 Å². The molecule has 0 bridgehead atoms. The number of ketones is 1. The Bertz CT molecular complexity index is 561. The first-order chi connectivity index (χ1) is 9.40. The molecule has 0 unspecified atom stereocenters. The van der Waals surface area contributed by atoms with E-state index in [4.69, 9.17) is 16.3 Å². The van der Waals surface area contributed by atoms with E-state index in [-0.39, 0.29) is 30.7 Å². The number of hydrogen-bond donors (Lipinski definition) is 0. The highest BCUT2D eigenvalue weighted by molar-refractivity contribution is 6.31. The van der Waals surface area contributed by atoms with Crippen molar-refractivity contribution in [1.82, 2.24) is 4.90 Å². The van der Waals surface area contributed by atoms with Gasteiger partial charge >= 0.3 is 0 Å². The topological polar surface area (TPSA) is 49.9 Å². The molecule has 1 aromatic carbocycles. The van der Waals surface area contributed by atoms with E-state index in [0.717, 1.165) is 0 Å². The predicted molar refractivity (Wildman–Crippen MR) is 85.1 cm³/mol. The average Bonchev–Trinajstić information content (AvgIpc) is 2.40. The fourth-order valence-corrected chi connectivity index (χ4v) is 2.22. The summed E-state index contributed by atoms with van der Waals surface area (Å²) >= 11 is 6.05. The standard InChI is InChI=1S/C14H17ClN2O3.ClH/c1-16(2)5-4-12(18)10-6-9(15)7-11-14(10)20-8-13(19)17(11)3;/h6-7H,4-5,8H2,1-3H3;1H. The van der Waals surface area contributed by atoms with Gasteiger partial charge in [0.2, 0.25) is 0 Å². The lowest BCUT2D eigenvalue weighted by molar-refractivity contribution is -0.121. The van der Waals surface area contributed by atoms with Crippen molar-refractivity contribution in [2.45, 2.75) is 6.42 Å². The van der Waals surface area contributed by atoms with E-state index < -0.39 is 0 Å². The average molecular weight is 333 g/mol. The van der Waals surface area contributed by atoms with E-state index in [1.807, 2.05) is 19.0 Å². The van der Waals surface area contributed by atoms with Crippen molar-refractivity contribution < 1.29 is 14.3 Å². The molecule has 0 N–H and O–H groups in total. The summed E-state index contributed by atoms with van der Waals surface area (Å²) < 4.78 is 5.44. The number of fused-ring (bicyclic) bond motifs is 1. The Morgan fingerprint density at radius 2 is 2.10 bits per heavy atom. The summed E-state index contributed by atoms with van der Waals surface area (Å²) in [6.45, 7) is 0.591. The van der Waals surface area contributed by atoms with Crippen molar-refractivity contribution in [2.24, 2.45) is 0 Å². The Balaban J connectivity index is 0.00000220. The van der Waals surface area contributed by atoms with Gasteiger partial charge in [-0.3, -0.25) is 9.59 Å². The van der Waals surface area contributed by atoms with E-state index in [9.17, 15) is 9.59 Å². The lowest BCUT2D eigenvalue weighted by Crippen LogP contribution is -2.36. The molecule has 1 heterocycles. The van der Waals surface area contributed by atoms with Crippen LogP contribution in [0.15, 0.2) is 12.1 Å². The second kappa shape index (κ2) is 7.11. The molecule has 0 radical (unpaired) electrons. The van der Waals surface area contributed by atoms with E-state index in [2.05, 4.69) is 0 Å². The lowest BCUT2D eigenvalue weighted by Gasteiger charge is -2.27. The van der Waals surface area contributed by atoms with Gasteiger partial charge < -0.3 is 14.5 Å². The maximum atomic E-state index is 12.3. The summed E-state index contributed by atoms with van der Waals surface area (Å²) in [6.07, 6.45) is 0.376. The van der Waals surface area contributed by atoms with Crippen LogP contribution in [0.3, 0.4) is 0 Å². The van der Waals surface area contributed by atoms with Gasteiger partial charge in [-0.2, -0.15) is 0 Å². The number of anilines is 1. The molecule has 1 aliphatic rings. The van der Waals surface area contributed by atoms with Crippen molar-refractivity contribution in [3.05, 3.63) is 22.7 Å². The Labute approximate surface area is 135 Å². The van der Waals surface area contributed by atoms with Gasteiger partial charge in [0.1, 0.15) is 0 Å². The van der Waals surface area contributed by atoms with Gasteiger partial charge in [0, 0.05) is 25.0 Å². The number of carbonyl (C=O) groups excluding carboxylic acids is 2. The molecule has 7 heteroatoms. The van der Waals surface area contributed by atoms with Crippen LogP contribution in [0.4, 0.5) is 5.69 Å². The fourth-order valence-electron chi connectivity index (χ4n) is 2.01. The van der Waals surface area contributed by atoms with Crippen LogP contribution in [-0.4, -0.2) is 50.9 Å². The van der Waals surface area contributed by atoms with Crippen molar-refractivity contribution in [1.29, 1.82) is 0 Å². The van der Waals surface area contributed by atoms with E-state index in [0.29, 0.717) is 35.0 Å². The molecule has 0 aliphatic carbocycles. The number of carbonyl (C=O) groups is 2. The minimum absolute atomic E-state index is 0. The van der Waals surface area contributed by atoms with E-state index in [1.165, 1.54) is 4.90 Å². The quantitative estimate of drug-likeness (QED) is 0.793. The molecule has 0 atom stereocenters. The zero-order chi connectivity index (χ0) is 14.9. The molecule has 0 saturated carbocycles. The molecule has 2 rings (SSSR count). The number of rotatable bonds is 4. The monoisotopic (exact) mass is 332 g/mol. The van der Waals surface area contributed by atoms with Gasteiger partial charge in [-0.25, -0.2) is 0 Å². The number of Topliss-reactive ketones (excluding diaryl/α,β-unsaturated/α-hetero) is 1. The minimum atomic E-state index is -0.161. The summed E-state index contributed by atoms with van der Waals surface area (Å²) in [5, 5.41) is 0.419. The van der Waals surface area contributed by atoms with Gasteiger partial charge in [0.15, 0.2) is 18.1 Å². The summed E-state index contributed by atoms with van der Waals surface area (Å²) in [5.41, 5.74) is 0.982. The summed E-state index contributed by atoms with van der Waals surface area (Å²) in [4.78, 5) is 27.3. The SMILES string of the molecule is CN(C)CCC(=O)c1cc(Cl)cc2c1OCC(=O)N2C.Cl. The maximum Gasteiger partial charge on any atom is 0.264 e. The Hall–Kier alpha value is -1.30. The number of benzene rings is 1. The Morgan fingerprint density at radius 1 is 1.43 bits per heavy atom. The number of amides is 1. The third kappa shape index (κ3) is 3.87. The normalized spacial score (nSPS) is 13.6. The van der Waals surface area contributed by atoms with Crippen LogP contribution in [0.2, 0.25) is 5.02 Å². The molecule has 1 aliphatic heterocycles. The number of ether oxygens (including phenoxy) is 1. The van der Waals surface area contributed by atoms with Crippen LogP contribution in [0, 0.1) is 0 Å². The molecule has 21 heavy (non-hydrogen) atoms. The van der Waals surface area contributed by atoms with Gasteiger partial charge in [-0.05, 0) is 26.2 Å². The smallest absolute Gasteiger partial charge is 0.264 e. The summed E-state index contributed by atoms with van der Waals surface area (Å²) in [5.74, 6) is 0.243. The summed E-state index contributed by atoms with van der Waals surface area (Å²) in [6, 6.07) is 3.23. The zero-order valence-corrected chi connectivity index (χ0v) is 13.8. The van der Waals surface area contributed by atoms with Crippen molar-refractivity contribution in [3.63, 3.8) is 0 Å². The van der Waals surface area contributed by atoms with Crippen molar-refractivity contribution in [2.75, 3.05) is 39.2 Å². The van der Waals surface area contributed by atoms with Gasteiger partial charge in [-0.1, -0.05) is 11.6 Å². The highest BCUT2D eigenvalue weighted by Gasteiger charge is 2.27. The highest BCUT2D eigenvalue weighted by Crippen LogP contribution is 2.38. The van der Waals surface area contributed by atoms with Gasteiger partial charge in [-0.15, -0.1) is 12.4 Å². The third-order valence-corrected chi connectivity index (χ3v) is 3.41. The Morgan fingerprint density at radius 3 is 2.71 bits per heavy atom. The van der Waals surface area contributed by atoms with Crippen LogP contribution in [-0.2, 0) is 4.79 Å². The number of nitrogens with zero attached hydrogens (tertiary/aromatic N) is 2. The van der Waals surface area contributed by atoms with Gasteiger partial charge in [0.05, 0.1) is 11.3 Å². The lowest BCUT2D eigenvalue weighted by atomic mass is 10.0. The first kappa shape index (κ1) is 17.8. The van der Waals surface area contributed by atoms with E-state index in [1.54, 1.807) is 19.2 Å². The molecule has 116 valence electrons. The predicted octanol–water partition coefficient (Wildman–Crippen LogP) is 2.25. The Kier molecular flexibility index (Phi) is 6.01. The molecule has 0 saturated heterocycles. The molecular weight excluding hydrogens is 315 g/mol. The molecule has 5 nitrogen and oxygen atoms in total. The maximum absolute atomic E-state index is 12.3. The number of likely N-dealkylation sites (N-methyl/N-ethyl adjacent to an activating group) is 1. The van der Waals surface area contributed by atoms with Crippen LogP contribution >= 0.6 is 24.0 Å². The first-order valence-electron chi connectivity index (χ1n) is 6.31. The van der Waals surface area contributed by atoms with Crippen LogP contribution in [0.5, 0.6) is 5.75 Å². The minimum Gasteiger partial charge on any atom is -0.481 e. The van der Waals surface area contributed by atoms with Crippen molar-refractivity contribution >= 4 is 41.4 Å². The third-order valence-electron chi connectivity index (χ3n) is 3.20. The van der Waals surface area contributed by atoms with Crippen LogP contribution < -0.4 is 9.64 Å². The number of hydrogen-bond acceptors (Lipinski definition) is 4. The summed E-state index contributed by atoms with van der Waals surface area (Å²) in [7, 11) is 5.46. The molecule has 0 fully saturated rings. The molecule has 1 aromatic rings. The fraction of sp³-hybridized carbons (Fsp3) is 0.429. The largest absolute Gasteiger partial charge is 0.481 e. The first-order valence-corrected chi connectivity index (χ1v) is 6.68. The molecular formula is C14H18Cl2N2O3. The zero-order valence-electron chi connectivity index (χ0n) is 12.2. The highest BCUT2D eigenvalue weighted by atomic mass is 35.5.